The smallest absolute Gasteiger partial charge is 0.315 e. The zero-order chi connectivity index (χ0) is 16.7. The molecule has 0 amide bonds. The van der Waals surface area contributed by atoms with Crippen LogP contribution in [0.2, 0.25) is 0 Å². The Hall–Kier alpha value is -2.92. The minimum atomic E-state index is -0.216. The summed E-state index contributed by atoms with van der Waals surface area (Å²) in [6, 6.07) is 17.0. The first kappa shape index (κ1) is 14.7. The second-order valence-electron chi connectivity index (χ2n) is 5.50. The van der Waals surface area contributed by atoms with Crippen LogP contribution < -0.4 is 4.87 Å². The van der Waals surface area contributed by atoms with E-state index in [1.54, 1.807) is 12.1 Å². The summed E-state index contributed by atoms with van der Waals surface area (Å²) in [6.45, 7) is 1.93. The summed E-state index contributed by atoms with van der Waals surface area (Å²) in [5.74, 6) is -0.0409. The Bertz CT molecular complexity index is 1040. The number of rotatable bonds is 2. The van der Waals surface area contributed by atoms with Gasteiger partial charge in [-0.15, -0.1) is 0 Å². The number of thiazole rings is 1. The molecule has 2 heterocycles. The number of hydrogen-bond donors (Lipinski definition) is 1. The number of aromatic hydroxyl groups is 1. The fourth-order valence-corrected chi connectivity index (χ4v) is 3.66. The molecule has 0 saturated heterocycles. The Morgan fingerprint density at radius 2 is 1.79 bits per heavy atom. The summed E-state index contributed by atoms with van der Waals surface area (Å²) in [4.78, 5) is 17.2. The van der Waals surface area contributed by atoms with Crippen LogP contribution in [0.5, 0.6) is 5.88 Å². The number of nitrogens with zero attached hydrogens (tertiary/aromatic N) is 2. The number of aliphatic imine (C=N–C) groups is 1. The lowest BCUT2D eigenvalue weighted by molar-refractivity contribution is 0.440. The normalized spacial score (nSPS) is 14.7. The summed E-state index contributed by atoms with van der Waals surface area (Å²) >= 11 is 1.03. The van der Waals surface area contributed by atoms with Gasteiger partial charge in [0, 0.05) is 16.8 Å². The first-order valence-corrected chi connectivity index (χ1v) is 8.34. The highest BCUT2D eigenvalue weighted by Crippen LogP contribution is 2.37. The molecule has 2 aromatic carbocycles. The van der Waals surface area contributed by atoms with Crippen molar-refractivity contribution in [2.45, 2.75) is 6.92 Å². The van der Waals surface area contributed by atoms with E-state index in [0.717, 1.165) is 33.9 Å². The van der Waals surface area contributed by atoms with Gasteiger partial charge in [0.1, 0.15) is 0 Å². The van der Waals surface area contributed by atoms with Crippen LogP contribution >= 0.6 is 11.3 Å². The van der Waals surface area contributed by atoms with Crippen LogP contribution in [-0.4, -0.2) is 15.4 Å². The molecular formula is C19H14N2O2S. The highest BCUT2D eigenvalue weighted by atomic mass is 32.1. The van der Waals surface area contributed by atoms with E-state index in [0.29, 0.717) is 10.6 Å². The molecule has 1 aliphatic heterocycles. The summed E-state index contributed by atoms with van der Waals surface area (Å²) < 4.78 is 1.32. The van der Waals surface area contributed by atoms with Crippen LogP contribution in [0.25, 0.3) is 17.3 Å². The minimum absolute atomic E-state index is 0.0409. The maximum Gasteiger partial charge on any atom is 0.315 e. The van der Waals surface area contributed by atoms with E-state index in [1.165, 1.54) is 4.57 Å². The van der Waals surface area contributed by atoms with Gasteiger partial charge in [-0.2, -0.15) is 0 Å². The molecular weight excluding hydrogens is 320 g/mol. The molecule has 1 aromatic heterocycles. The van der Waals surface area contributed by atoms with Crippen molar-refractivity contribution in [1.29, 1.82) is 0 Å². The number of para-hydroxylation sites is 2. The standard InChI is InChI=1S/C19H14N2O2S/c1-12-15(14-9-5-6-10-16(14)20-12)11-17-18(22)21(19(23)24-17)13-7-3-2-4-8-13/h2-11,22H,1H3/b15-11-. The topological polar surface area (TPSA) is 54.6 Å². The third kappa shape index (κ3) is 2.30. The van der Waals surface area contributed by atoms with E-state index >= 15 is 0 Å². The molecule has 0 aliphatic carbocycles. The first-order valence-electron chi connectivity index (χ1n) is 7.52. The van der Waals surface area contributed by atoms with E-state index in [1.807, 2.05) is 55.5 Å². The van der Waals surface area contributed by atoms with Crippen molar-refractivity contribution in [3.05, 3.63) is 74.7 Å². The molecule has 0 fully saturated rings. The minimum Gasteiger partial charge on any atom is -0.493 e. The molecule has 0 saturated carbocycles. The van der Waals surface area contributed by atoms with Gasteiger partial charge in [0.15, 0.2) is 0 Å². The second kappa shape index (κ2) is 5.62. The van der Waals surface area contributed by atoms with Gasteiger partial charge in [-0.3, -0.25) is 9.79 Å². The van der Waals surface area contributed by atoms with E-state index in [2.05, 4.69) is 4.99 Å². The van der Waals surface area contributed by atoms with Gasteiger partial charge in [-0.1, -0.05) is 47.7 Å². The average Bonchev–Trinajstić information content (AvgIpc) is 3.05. The van der Waals surface area contributed by atoms with Crippen LogP contribution in [0, 0.1) is 0 Å². The lowest BCUT2D eigenvalue weighted by Gasteiger charge is -2.03. The van der Waals surface area contributed by atoms with Crippen molar-refractivity contribution in [2.75, 3.05) is 0 Å². The quantitative estimate of drug-likeness (QED) is 0.761. The molecule has 4 rings (SSSR count). The molecule has 1 aliphatic rings. The Labute approximate surface area is 142 Å². The van der Waals surface area contributed by atoms with Gasteiger partial charge in [-0.25, -0.2) is 4.57 Å². The Kier molecular flexibility index (Phi) is 3.43. The number of hydrogen-bond acceptors (Lipinski definition) is 4. The maximum absolute atomic E-state index is 12.3. The monoisotopic (exact) mass is 334 g/mol. The largest absolute Gasteiger partial charge is 0.493 e. The van der Waals surface area contributed by atoms with Crippen molar-refractivity contribution in [1.82, 2.24) is 4.57 Å². The van der Waals surface area contributed by atoms with Crippen molar-refractivity contribution < 1.29 is 5.11 Å². The van der Waals surface area contributed by atoms with Crippen LogP contribution in [0.1, 0.15) is 17.4 Å². The SMILES string of the molecule is CC1=Nc2ccccc2/C1=C\c1sc(=O)n(-c2ccccc2)c1O. The Morgan fingerprint density at radius 3 is 2.58 bits per heavy atom. The summed E-state index contributed by atoms with van der Waals surface area (Å²) in [5.41, 5.74) is 4.39. The Balaban J connectivity index is 1.86. The van der Waals surface area contributed by atoms with Crippen molar-refractivity contribution in [2.24, 2.45) is 4.99 Å². The highest BCUT2D eigenvalue weighted by Gasteiger charge is 2.20. The molecule has 0 spiro atoms. The first-order chi connectivity index (χ1) is 11.6. The van der Waals surface area contributed by atoms with Crippen molar-refractivity contribution in [3.8, 4) is 11.6 Å². The lowest BCUT2D eigenvalue weighted by Crippen LogP contribution is -2.09. The zero-order valence-corrected chi connectivity index (χ0v) is 13.7. The van der Waals surface area contributed by atoms with E-state index in [9.17, 15) is 9.90 Å². The van der Waals surface area contributed by atoms with Crippen molar-refractivity contribution in [3.63, 3.8) is 0 Å². The van der Waals surface area contributed by atoms with Crippen LogP contribution in [-0.2, 0) is 0 Å². The van der Waals surface area contributed by atoms with E-state index in [4.69, 9.17) is 0 Å². The Morgan fingerprint density at radius 1 is 1.08 bits per heavy atom. The lowest BCUT2D eigenvalue weighted by atomic mass is 10.0. The molecule has 0 bridgehead atoms. The maximum atomic E-state index is 12.3. The summed E-state index contributed by atoms with van der Waals surface area (Å²) in [6.07, 6.45) is 1.84. The van der Waals surface area contributed by atoms with E-state index in [-0.39, 0.29) is 10.8 Å². The third-order valence-corrected chi connectivity index (χ3v) is 4.85. The predicted molar refractivity (Wildman–Crippen MR) is 98.7 cm³/mol. The van der Waals surface area contributed by atoms with Gasteiger partial charge >= 0.3 is 4.87 Å². The van der Waals surface area contributed by atoms with Crippen LogP contribution in [0.3, 0.4) is 0 Å². The summed E-state index contributed by atoms with van der Waals surface area (Å²) in [7, 11) is 0. The molecule has 0 radical (unpaired) electrons. The number of allylic oxidation sites excluding steroid dienone is 1. The number of fused-ring (bicyclic) bond motifs is 1. The fraction of sp³-hybridized carbons (Fsp3) is 0.0526. The molecule has 3 aromatic rings. The number of benzene rings is 2. The van der Waals surface area contributed by atoms with Gasteiger partial charge < -0.3 is 5.11 Å². The van der Waals surface area contributed by atoms with Crippen molar-refractivity contribution >= 4 is 34.4 Å². The van der Waals surface area contributed by atoms with Crippen LogP contribution in [0.15, 0.2) is 64.4 Å². The molecule has 0 unspecified atom stereocenters. The highest BCUT2D eigenvalue weighted by molar-refractivity contribution is 7.10. The molecule has 1 N–H and O–H groups in total. The molecule has 24 heavy (non-hydrogen) atoms. The fourth-order valence-electron chi connectivity index (χ4n) is 2.83. The second-order valence-corrected chi connectivity index (χ2v) is 6.49. The molecule has 4 nitrogen and oxygen atoms in total. The van der Waals surface area contributed by atoms with Gasteiger partial charge in [0.25, 0.3) is 0 Å². The average molecular weight is 334 g/mol. The van der Waals surface area contributed by atoms with Crippen LogP contribution in [0.4, 0.5) is 5.69 Å². The van der Waals surface area contributed by atoms with E-state index < -0.39 is 0 Å². The molecule has 5 heteroatoms. The van der Waals surface area contributed by atoms with Gasteiger partial charge in [-0.05, 0) is 31.2 Å². The van der Waals surface area contributed by atoms with Gasteiger partial charge in [0.05, 0.1) is 16.3 Å². The zero-order valence-electron chi connectivity index (χ0n) is 12.9. The summed E-state index contributed by atoms with van der Waals surface area (Å²) in [5, 5.41) is 10.5. The third-order valence-electron chi connectivity index (χ3n) is 3.97. The number of aromatic nitrogens is 1. The van der Waals surface area contributed by atoms with Gasteiger partial charge in [0.2, 0.25) is 5.88 Å². The molecule has 118 valence electrons. The predicted octanol–water partition coefficient (Wildman–Crippen LogP) is 4.25. The molecule has 0 atom stereocenters.